The Balaban J connectivity index is 4.25. The monoisotopic (exact) mass is 252 g/mol. The SMILES string of the molecule is CCCS(=O)(=O)NC(C)C(=O)NC(C)CO. The highest BCUT2D eigenvalue weighted by Crippen LogP contribution is 1.93. The number of carbonyl (C=O) groups is 1. The molecule has 0 heterocycles. The van der Waals surface area contributed by atoms with E-state index < -0.39 is 22.0 Å². The van der Waals surface area contributed by atoms with E-state index in [9.17, 15) is 13.2 Å². The van der Waals surface area contributed by atoms with Crippen LogP contribution in [0, 0.1) is 0 Å². The summed E-state index contributed by atoms with van der Waals surface area (Å²) in [6, 6.07) is -1.21. The van der Waals surface area contributed by atoms with E-state index in [2.05, 4.69) is 10.0 Å². The Morgan fingerprint density at radius 3 is 2.38 bits per heavy atom. The predicted octanol–water partition coefficient (Wildman–Crippen LogP) is -0.799. The summed E-state index contributed by atoms with van der Waals surface area (Å²) in [6.07, 6.45) is 0.497. The van der Waals surface area contributed by atoms with Crippen molar-refractivity contribution in [3.8, 4) is 0 Å². The molecule has 0 radical (unpaired) electrons. The first kappa shape index (κ1) is 15.3. The normalized spacial score (nSPS) is 15.5. The van der Waals surface area contributed by atoms with Gasteiger partial charge in [-0.15, -0.1) is 0 Å². The summed E-state index contributed by atoms with van der Waals surface area (Å²) in [5, 5.41) is 11.2. The summed E-state index contributed by atoms with van der Waals surface area (Å²) in [4.78, 5) is 11.4. The van der Waals surface area contributed by atoms with E-state index in [1.165, 1.54) is 6.92 Å². The zero-order valence-electron chi connectivity index (χ0n) is 9.86. The highest BCUT2D eigenvalue weighted by Gasteiger charge is 2.20. The lowest BCUT2D eigenvalue weighted by Crippen LogP contribution is -2.48. The molecule has 0 saturated carbocycles. The van der Waals surface area contributed by atoms with Gasteiger partial charge in [0, 0.05) is 6.04 Å². The van der Waals surface area contributed by atoms with Crippen LogP contribution in [-0.4, -0.2) is 43.9 Å². The molecule has 96 valence electrons. The largest absolute Gasteiger partial charge is 0.394 e. The molecular formula is C9H20N2O4S. The molecule has 0 aliphatic carbocycles. The third-order valence-electron chi connectivity index (χ3n) is 1.88. The zero-order valence-corrected chi connectivity index (χ0v) is 10.7. The Hall–Kier alpha value is -0.660. The topological polar surface area (TPSA) is 95.5 Å². The Morgan fingerprint density at radius 1 is 1.38 bits per heavy atom. The highest BCUT2D eigenvalue weighted by molar-refractivity contribution is 7.89. The lowest BCUT2D eigenvalue weighted by Gasteiger charge is -2.16. The van der Waals surface area contributed by atoms with Crippen molar-refractivity contribution in [2.75, 3.05) is 12.4 Å². The number of aliphatic hydroxyl groups excluding tert-OH is 1. The minimum atomic E-state index is -3.39. The number of amides is 1. The molecule has 16 heavy (non-hydrogen) atoms. The molecule has 0 spiro atoms. The summed E-state index contributed by atoms with van der Waals surface area (Å²) in [5.74, 6) is -0.443. The Bertz CT molecular complexity index is 315. The Kier molecular flexibility index (Phi) is 6.54. The van der Waals surface area contributed by atoms with Crippen LogP contribution in [0.1, 0.15) is 27.2 Å². The lowest BCUT2D eigenvalue weighted by molar-refractivity contribution is -0.123. The summed E-state index contributed by atoms with van der Waals surface area (Å²) < 4.78 is 25.0. The van der Waals surface area contributed by atoms with Crippen molar-refractivity contribution in [3.63, 3.8) is 0 Å². The maximum Gasteiger partial charge on any atom is 0.238 e. The lowest BCUT2D eigenvalue weighted by atomic mass is 10.3. The van der Waals surface area contributed by atoms with Gasteiger partial charge in [0.25, 0.3) is 0 Å². The maximum absolute atomic E-state index is 11.4. The number of rotatable bonds is 7. The average molecular weight is 252 g/mol. The summed E-state index contributed by atoms with van der Waals surface area (Å²) >= 11 is 0. The van der Waals surface area contributed by atoms with Crippen LogP contribution in [0.15, 0.2) is 0 Å². The minimum absolute atomic E-state index is 0.000172. The number of hydrogen-bond donors (Lipinski definition) is 3. The number of aliphatic hydroxyl groups is 1. The van der Waals surface area contributed by atoms with Gasteiger partial charge in [0.2, 0.25) is 15.9 Å². The summed E-state index contributed by atoms with van der Waals surface area (Å²) in [7, 11) is -3.39. The van der Waals surface area contributed by atoms with Crippen LogP contribution in [0.2, 0.25) is 0 Å². The van der Waals surface area contributed by atoms with Gasteiger partial charge in [-0.2, -0.15) is 0 Å². The van der Waals surface area contributed by atoms with Crippen molar-refractivity contribution in [3.05, 3.63) is 0 Å². The van der Waals surface area contributed by atoms with E-state index >= 15 is 0 Å². The van der Waals surface area contributed by atoms with Gasteiger partial charge >= 0.3 is 0 Å². The van der Waals surface area contributed by atoms with Crippen LogP contribution >= 0.6 is 0 Å². The Morgan fingerprint density at radius 2 is 1.94 bits per heavy atom. The summed E-state index contributed by atoms with van der Waals surface area (Å²) in [6.45, 7) is 4.66. The highest BCUT2D eigenvalue weighted by atomic mass is 32.2. The molecule has 0 aliphatic heterocycles. The van der Waals surface area contributed by atoms with E-state index in [-0.39, 0.29) is 18.4 Å². The first-order chi connectivity index (χ1) is 7.32. The fraction of sp³-hybridized carbons (Fsp3) is 0.889. The second-order valence-electron chi connectivity index (χ2n) is 3.75. The number of hydrogen-bond acceptors (Lipinski definition) is 4. The smallest absolute Gasteiger partial charge is 0.238 e. The van der Waals surface area contributed by atoms with Crippen molar-refractivity contribution in [1.82, 2.24) is 10.0 Å². The quantitative estimate of drug-likeness (QED) is 0.553. The molecular weight excluding hydrogens is 232 g/mol. The molecule has 2 atom stereocenters. The molecule has 0 aromatic carbocycles. The molecule has 6 nitrogen and oxygen atoms in total. The van der Waals surface area contributed by atoms with Crippen LogP contribution in [-0.2, 0) is 14.8 Å². The van der Waals surface area contributed by atoms with Crippen LogP contribution in [0.4, 0.5) is 0 Å². The minimum Gasteiger partial charge on any atom is -0.394 e. The average Bonchev–Trinajstić information content (AvgIpc) is 2.16. The standard InChI is InChI=1S/C9H20N2O4S/c1-4-5-16(14,15)11-8(3)9(13)10-7(2)6-12/h7-8,11-12H,4-6H2,1-3H3,(H,10,13). The molecule has 1 amide bonds. The molecule has 0 bridgehead atoms. The van der Waals surface area contributed by atoms with Crippen molar-refractivity contribution < 1.29 is 18.3 Å². The van der Waals surface area contributed by atoms with Crippen LogP contribution in [0.25, 0.3) is 0 Å². The van der Waals surface area contributed by atoms with E-state index in [0.717, 1.165) is 0 Å². The molecule has 7 heteroatoms. The Labute approximate surface area is 96.5 Å². The molecule has 0 fully saturated rings. The first-order valence-corrected chi connectivity index (χ1v) is 6.88. The second kappa shape index (κ2) is 6.82. The second-order valence-corrected chi connectivity index (χ2v) is 5.62. The van der Waals surface area contributed by atoms with Crippen LogP contribution in [0.3, 0.4) is 0 Å². The fourth-order valence-electron chi connectivity index (χ4n) is 1.06. The van der Waals surface area contributed by atoms with Gasteiger partial charge in [-0.1, -0.05) is 6.92 Å². The van der Waals surface area contributed by atoms with Gasteiger partial charge in [-0.05, 0) is 20.3 Å². The molecule has 3 N–H and O–H groups in total. The van der Waals surface area contributed by atoms with Gasteiger partial charge in [-0.25, -0.2) is 13.1 Å². The third kappa shape index (κ3) is 6.04. The molecule has 2 unspecified atom stereocenters. The van der Waals surface area contributed by atoms with Crippen molar-refractivity contribution in [1.29, 1.82) is 0 Å². The van der Waals surface area contributed by atoms with Crippen LogP contribution < -0.4 is 10.0 Å². The zero-order chi connectivity index (χ0) is 12.8. The molecule has 0 rings (SSSR count). The predicted molar refractivity (Wildman–Crippen MR) is 61.4 cm³/mol. The fourth-order valence-corrected chi connectivity index (χ4v) is 2.37. The van der Waals surface area contributed by atoms with Gasteiger partial charge in [0.15, 0.2) is 0 Å². The molecule has 0 aromatic rings. The van der Waals surface area contributed by atoms with Gasteiger partial charge in [-0.3, -0.25) is 4.79 Å². The number of sulfonamides is 1. The van der Waals surface area contributed by atoms with Crippen molar-refractivity contribution in [2.24, 2.45) is 0 Å². The summed E-state index contributed by atoms with van der Waals surface area (Å²) in [5.41, 5.74) is 0. The van der Waals surface area contributed by atoms with E-state index in [1.54, 1.807) is 13.8 Å². The maximum atomic E-state index is 11.4. The van der Waals surface area contributed by atoms with Crippen LogP contribution in [0.5, 0.6) is 0 Å². The molecule has 0 aliphatic rings. The van der Waals surface area contributed by atoms with E-state index in [0.29, 0.717) is 6.42 Å². The van der Waals surface area contributed by atoms with Crippen molar-refractivity contribution in [2.45, 2.75) is 39.3 Å². The number of nitrogens with one attached hydrogen (secondary N) is 2. The number of carbonyl (C=O) groups excluding carboxylic acids is 1. The first-order valence-electron chi connectivity index (χ1n) is 5.23. The third-order valence-corrected chi connectivity index (χ3v) is 3.54. The van der Waals surface area contributed by atoms with E-state index in [1.807, 2.05) is 0 Å². The van der Waals surface area contributed by atoms with Gasteiger partial charge < -0.3 is 10.4 Å². The van der Waals surface area contributed by atoms with Gasteiger partial charge in [0.1, 0.15) is 0 Å². The molecule has 0 aromatic heterocycles. The molecule has 0 saturated heterocycles. The van der Waals surface area contributed by atoms with Gasteiger partial charge in [0.05, 0.1) is 18.4 Å². The van der Waals surface area contributed by atoms with Crippen molar-refractivity contribution >= 4 is 15.9 Å². The van der Waals surface area contributed by atoms with E-state index in [4.69, 9.17) is 5.11 Å².